The van der Waals surface area contributed by atoms with Crippen molar-refractivity contribution in [2.45, 2.75) is 33.0 Å². The summed E-state index contributed by atoms with van der Waals surface area (Å²) < 4.78 is 10.8. The Morgan fingerprint density at radius 1 is 1.23 bits per heavy atom. The molecule has 0 aromatic carbocycles. The smallest absolute Gasteiger partial charge is 0.157 e. The minimum atomic E-state index is -0.0514. The Bertz CT molecular complexity index is 135. The molecule has 2 nitrogen and oxygen atoms in total. The Kier molecular flexibility index (Phi) is 9.05. The first kappa shape index (κ1) is 12.4. The number of rotatable bonds is 8. The van der Waals surface area contributed by atoms with Crippen LogP contribution < -0.4 is 0 Å². The average molecular weight is 184 g/mol. The second-order valence-corrected chi connectivity index (χ2v) is 2.58. The van der Waals surface area contributed by atoms with E-state index in [1.54, 1.807) is 6.08 Å². The van der Waals surface area contributed by atoms with Gasteiger partial charge in [0, 0.05) is 19.6 Å². The minimum Gasteiger partial charge on any atom is -0.353 e. The third-order valence-corrected chi connectivity index (χ3v) is 1.55. The van der Waals surface area contributed by atoms with Gasteiger partial charge in [-0.25, -0.2) is 0 Å². The van der Waals surface area contributed by atoms with Crippen molar-refractivity contribution >= 4 is 0 Å². The second kappa shape index (κ2) is 9.49. The Morgan fingerprint density at radius 3 is 2.31 bits per heavy atom. The van der Waals surface area contributed by atoms with Crippen LogP contribution in [0.5, 0.6) is 0 Å². The highest BCUT2D eigenvalue weighted by atomic mass is 16.7. The highest BCUT2D eigenvalue weighted by Crippen LogP contribution is 2.04. The van der Waals surface area contributed by atoms with Gasteiger partial charge in [-0.1, -0.05) is 24.8 Å². The third kappa shape index (κ3) is 7.75. The molecule has 0 aromatic rings. The monoisotopic (exact) mass is 184 g/mol. The molecule has 76 valence electrons. The van der Waals surface area contributed by atoms with E-state index in [-0.39, 0.29) is 6.29 Å². The van der Waals surface area contributed by atoms with Gasteiger partial charge in [-0.05, 0) is 20.3 Å². The molecular weight excluding hydrogens is 164 g/mol. The van der Waals surface area contributed by atoms with Crippen LogP contribution in [0.25, 0.3) is 0 Å². The fourth-order valence-corrected chi connectivity index (χ4v) is 1.01. The van der Waals surface area contributed by atoms with Gasteiger partial charge in [0.25, 0.3) is 0 Å². The average Bonchev–Trinajstić information content (AvgIpc) is 2.13. The van der Waals surface area contributed by atoms with Crippen LogP contribution in [-0.2, 0) is 9.47 Å². The lowest BCUT2D eigenvalue weighted by Crippen LogP contribution is -2.16. The van der Waals surface area contributed by atoms with Gasteiger partial charge in [0.15, 0.2) is 6.29 Å². The van der Waals surface area contributed by atoms with E-state index in [1.807, 2.05) is 19.9 Å². The Hall–Kier alpha value is -0.600. The zero-order chi connectivity index (χ0) is 9.94. The maximum absolute atomic E-state index is 5.38. The van der Waals surface area contributed by atoms with Gasteiger partial charge in [0.05, 0.1) is 0 Å². The van der Waals surface area contributed by atoms with Crippen molar-refractivity contribution in [3.63, 3.8) is 0 Å². The van der Waals surface area contributed by atoms with Crippen LogP contribution in [0.1, 0.15) is 26.7 Å². The Labute approximate surface area is 81.2 Å². The van der Waals surface area contributed by atoms with Gasteiger partial charge < -0.3 is 9.47 Å². The van der Waals surface area contributed by atoms with Gasteiger partial charge >= 0.3 is 0 Å². The molecule has 0 saturated carbocycles. The molecular formula is C11H20O2. The SMILES string of the molecule is C=CC=CCCC(OCC)OCC. The van der Waals surface area contributed by atoms with Crippen molar-refractivity contribution in [2.24, 2.45) is 0 Å². The number of hydrogen-bond donors (Lipinski definition) is 0. The first-order chi connectivity index (χ1) is 6.35. The molecule has 0 unspecified atom stereocenters. The lowest BCUT2D eigenvalue weighted by atomic mass is 10.3. The molecule has 0 radical (unpaired) electrons. The van der Waals surface area contributed by atoms with Crippen LogP contribution in [0, 0.1) is 0 Å². The number of allylic oxidation sites excluding steroid dienone is 3. The molecule has 2 heteroatoms. The van der Waals surface area contributed by atoms with Crippen LogP contribution in [0.3, 0.4) is 0 Å². The van der Waals surface area contributed by atoms with Crippen LogP contribution in [0.4, 0.5) is 0 Å². The summed E-state index contributed by atoms with van der Waals surface area (Å²) in [6, 6.07) is 0. The van der Waals surface area contributed by atoms with Crippen LogP contribution in [0.2, 0.25) is 0 Å². The molecule has 0 aromatic heterocycles. The summed E-state index contributed by atoms with van der Waals surface area (Å²) in [5.74, 6) is 0. The van der Waals surface area contributed by atoms with Gasteiger partial charge in [-0.15, -0.1) is 0 Å². The normalized spacial score (nSPS) is 11.3. The van der Waals surface area contributed by atoms with Gasteiger partial charge in [-0.2, -0.15) is 0 Å². The molecule has 0 bridgehead atoms. The predicted molar refractivity (Wildman–Crippen MR) is 55.6 cm³/mol. The maximum atomic E-state index is 5.38. The van der Waals surface area contributed by atoms with Crippen LogP contribution in [0.15, 0.2) is 24.8 Å². The van der Waals surface area contributed by atoms with E-state index >= 15 is 0 Å². The molecule has 0 N–H and O–H groups in total. The minimum absolute atomic E-state index is 0.0514. The summed E-state index contributed by atoms with van der Waals surface area (Å²) in [6.45, 7) is 8.96. The number of hydrogen-bond acceptors (Lipinski definition) is 2. The molecule has 0 aliphatic heterocycles. The van der Waals surface area contributed by atoms with E-state index in [0.717, 1.165) is 12.8 Å². The summed E-state index contributed by atoms with van der Waals surface area (Å²) in [5, 5.41) is 0. The fourth-order valence-electron chi connectivity index (χ4n) is 1.01. The van der Waals surface area contributed by atoms with Crippen molar-refractivity contribution < 1.29 is 9.47 Å². The maximum Gasteiger partial charge on any atom is 0.157 e. The lowest BCUT2D eigenvalue weighted by Gasteiger charge is -2.15. The largest absolute Gasteiger partial charge is 0.353 e. The Balaban J connectivity index is 3.54. The Morgan fingerprint density at radius 2 is 1.85 bits per heavy atom. The van der Waals surface area contributed by atoms with Crippen molar-refractivity contribution in [1.29, 1.82) is 0 Å². The molecule has 0 atom stereocenters. The second-order valence-electron chi connectivity index (χ2n) is 2.58. The van der Waals surface area contributed by atoms with E-state index < -0.39 is 0 Å². The van der Waals surface area contributed by atoms with Crippen molar-refractivity contribution in [3.05, 3.63) is 24.8 Å². The summed E-state index contributed by atoms with van der Waals surface area (Å²) in [7, 11) is 0. The fraction of sp³-hybridized carbons (Fsp3) is 0.636. The van der Waals surface area contributed by atoms with E-state index in [0.29, 0.717) is 13.2 Å². The zero-order valence-corrected chi connectivity index (χ0v) is 8.66. The highest BCUT2D eigenvalue weighted by molar-refractivity contribution is 4.96. The molecule has 0 fully saturated rings. The molecule has 0 rings (SSSR count). The topological polar surface area (TPSA) is 18.5 Å². The first-order valence-electron chi connectivity index (χ1n) is 4.85. The molecule has 0 amide bonds. The molecule has 0 heterocycles. The van der Waals surface area contributed by atoms with Crippen molar-refractivity contribution in [1.82, 2.24) is 0 Å². The number of ether oxygens (including phenoxy) is 2. The predicted octanol–water partition coefficient (Wildman–Crippen LogP) is 2.91. The standard InChI is InChI=1S/C11H20O2/c1-4-7-8-9-10-11(12-5-2)13-6-3/h4,7-8,11H,1,5-6,9-10H2,2-3H3. The molecule has 0 saturated heterocycles. The van der Waals surface area contributed by atoms with Gasteiger partial charge in [0.1, 0.15) is 0 Å². The zero-order valence-electron chi connectivity index (χ0n) is 8.66. The van der Waals surface area contributed by atoms with Gasteiger partial charge in [0.2, 0.25) is 0 Å². The van der Waals surface area contributed by atoms with E-state index in [2.05, 4.69) is 12.7 Å². The summed E-state index contributed by atoms with van der Waals surface area (Å²) in [5.41, 5.74) is 0. The molecule has 0 aliphatic rings. The van der Waals surface area contributed by atoms with E-state index in [1.165, 1.54) is 0 Å². The highest BCUT2D eigenvalue weighted by Gasteiger charge is 2.04. The summed E-state index contributed by atoms with van der Waals surface area (Å²) >= 11 is 0. The summed E-state index contributed by atoms with van der Waals surface area (Å²) in [4.78, 5) is 0. The van der Waals surface area contributed by atoms with Crippen LogP contribution in [-0.4, -0.2) is 19.5 Å². The van der Waals surface area contributed by atoms with Crippen LogP contribution >= 0.6 is 0 Å². The van der Waals surface area contributed by atoms with Crippen molar-refractivity contribution in [3.8, 4) is 0 Å². The quantitative estimate of drug-likeness (QED) is 0.426. The molecule has 13 heavy (non-hydrogen) atoms. The first-order valence-corrected chi connectivity index (χ1v) is 4.85. The lowest BCUT2D eigenvalue weighted by molar-refractivity contribution is -0.138. The summed E-state index contributed by atoms with van der Waals surface area (Å²) in [6.07, 6.45) is 7.61. The molecule has 0 spiro atoms. The van der Waals surface area contributed by atoms with E-state index in [9.17, 15) is 0 Å². The molecule has 0 aliphatic carbocycles. The van der Waals surface area contributed by atoms with Gasteiger partial charge in [-0.3, -0.25) is 0 Å². The third-order valence-electron chi connectivity index (χ3n) is 1.55. The van der Waals surface area contributed by atoms with E-state index in [4.69, 9.17) is 9.47 Å². The van der Waals surface area contributed by atoms with Crippen molar-refractivity contribution in [2.75, 3.05) is 13.2 Å².